The SMILES string of the molecule is C=CCOc1cc([C@@]23CC[C@H](O)C[C@@H]2N(C)CC3)ccc1OC. The fourth-order valence-corrected chi connectivity index (χ4v) is 4.35. The van der Waals surface area contributed by atoms with Crippen molar-refractivity contribution in [2.24, 2.45) is 0 Å². The van der Waals surface area contributed by atoms with Crippen molar-refractivity contribution < 1.29 is 14.6 Å². The van der Waals surface area contributed by atoms with Crippen molar-refractivity contribution in [2.45, 2.75) is 43.2 Å². The Balaban J connectivity index is 1.97. The van der Waals surface area contributed by atoms with E-state index in [1.807, 2.05) is 6.07 Å². The summed E-state index contributed by atoms with van der Waals surface area (Å²) in [6.45, 7) is 5.26. The van der Waals surface area contributed by atoms with Crippen LogP contribution in [-0.2, 0) is 5.41 Å². The Hall–Kier alpha value is -1.52. The quantitative estimate of drug-likeness (QED) is 0.848. The van der Waals surface area contributed by atoms with E-state index < -0.39 is 0 Å². The van der Waals surface area contributed by atoms with Crippen molar-refractivity contribution in [3.05, 3.63) is 36.4 Å². The highest BCUT2D eigenvalue weighted by Gasteiger charge is 2.50. The summed E-state index contributed by atoms with van der Waals surface area (Å²) >= 11 is 0. The van der Waals surface area contributed by atoms with Gasteiger partial charge in [0.1, 0.15) is 6.61 Å². The van der Waals surface area contributed by atoms with Gasteiger partial charge in [-0.1, -0.05) is 18.7 Å². The summed E-state index contributed by atoms with van der Waals surface area (Å²) in [6, 6.07) is 6.70. The Labute approximate surface area is 138 Å². The molecule has 4 nitrogen and oxygen atoms in total. The zero-order valence-corrected chi connectivity index (χ0v) is 14.1. The van der Waals surface area contributed by atoms with Crippen LogP contribution in [0.3, 0.4) is 0 Å². The number of rotatable bonds is 5. The number of hydrogen-bond acceptors (Lipinski definition) is 4. The highest BCUT2D eigenvalue weighted by atomic mass is 16.5. The fraction of sp³-hybridized carbons (Fsp3) is 0.579. The number of nitrogens with zero attached hydrogens (tertiary/aromatic N) is 1. The summed E-state index contributed by atoms with van der Waals surface area (Å²) in [5.74, 6) is 1.53. The second-order valence-corrected chi connectivity index (χ2v) is 6.80. The summed E-state index contributed by atoms with van der Waals surface area (Å²) in [5, 5.41) is 10.1. The first-order valence-corrected chi connectivity index (χ1v) is 8.41. The predicted octanol–water partition coefficient (Wildman–Crippen LogP) is 2.75. The molecule has 0 spiro atoms. The molecule has 0 amide bonds. The summed E-state index contributed by atoms with van der Waals surface area (Å²) < 4.78 is 11.2. The number of fused-ring (bicyclic) bond motifs is 1. The number of likely N-dealkylation sites (tertiary alicyclic amines) is 1. The van der Waals surface area contributed by atoms with E-state index in [9.17, 15) is 5.11 Å². The van der Waals surface area contributed by atoms with Gasteiger partial charge in [0, 0.05) is 11.5 Å². The van der Waals surface area contributed by atoms with Gasteiger partial charge in [0.2, 0.25) is 0 Å². The largest absolute Gasteiger partial charge is 0.493 e. The van der Waals surface area contributed by atoms with Crippen molar-refractivity contribution in [1.29, 1.82) is 0 Å². The van der Waals surface area contributed by atoms with Crippen LogP contribution in [0.15, 0.2) is 30.9 Å². The Morgan fingerprint density at radius 1 is 1.39 bits per heavy atom. The average molecular weight is 317 g/mol. The number of methoxy groups -OCH3 is 1. The predicted molar refractivity (Wildman–Crippen MR) is 91.3 cm³/mol. The summed E-state index contributed by atoms with van der Waals surface area (Å²) in [7, 11) is 3.83. The van der Waals surface area contributed by atoms with Gasteiger partial charge in [-0.3, -0.25) is 0 Å². The van der Waals surface area contributed by atoms with E-state index in [1.54, 1.807) is 13.2 Å². The van der Waals surface area contributed by atoms with E-state index in [4.69, 9.17) is 9.47 Å². The zero-order valence-electron chi connectivity index (χ0n) is 14.1. The first kappa shape index (κ1) is 16.3. The van der Waals surface area contributed by atoms with Gasteiger partial charge in [0.05, 0.1) is 13.2 Å². The molecule has 1 heterocycles. The van der Waals surface area contributed by atoms with Gasteiger partial charge in [0.15, 0.2) is 11.5 Å². The van der Waals surface area contributed by atoms with E-state index in [0.29, 0.717) is 12.6 Å². The lowest BCUT2D eigenvalue weighted by Gasteiger charge is -2.43. The third kappa shape index (κ3) is 2.86. The maximum Gasteiger partial charge on any atom is 0.161 e. The van der Waals surface area contributed by atoms with Crippen LogP contribution in [0.4, 0.5) is 0 Å². The molecule has 1 aromatic carbocycles. The normalized spacial score (nSPS) is 30.7. The number of aliphatic hydroxyl groups is 1. The van der Waals surface area contributed by atoms with E-state index in [2.05, 4.69) is 30.7 Å². The molecule has 4 heteroatoms. The van der Waals surface area contributed by atoms with Crippen LogP contribution in [-0.4, -0.2) is 49.5 Å². The smallest absolute Gasteiger partial charge is 0.161 e. The molecule has 0 radical (unpaired) electrons. The van der Waals surface area contributed by atoms with Gasteiger partial charge in [-0.2, -0.15) is 0 Å². The van der Waals surface area contributed by atoms with Crippen LogP contribution in [0.1, 0.15) is 31.2 Å². The summed E-state index contributed by atoms with van der Waals surface area (Å²) in [4.78, 5) is 2.40. The van der Waals surface area contributed by atoms with E-state index in [-0.39, 0.29) is 11.5 Å². The molecule has 1 aliphatic carbocycles. The molecule has 126 valence electrons. The van der Waals surface area contributed by atoms with Crippen molar-refractivity contribution in [2.75, 3.05) is 27.3 Å². The van der Waals surface area contributed by atoms with Gasteiger partial charge in [-0.25, -0.2) is 0 Å². The Morgan fingerprint density at radius 2 is 2.22 bits per heavy atom. The third-order valence-electron chi connectivity index (χ3n) is 5.59. The minimum atomic E-state index is -0.177. The third-order valence-corrected chi connectivity index (χ3v) is 5.59. The maximum absolute atomic E-state index is 10.1. The minimum absolute atomic E-state index is 0.118. The lowest BCUT2D eigenvalue weighted by atomic mass is 9.65. The Bertz CT molecular complexity index is 574. The molecule has 0 aromatic heterocycles. The molecular formula is C19H27NO3. The van der Waals surface area contributed by atoms with Crippen LogP contribution in [0.25, 0.3) is 0 Å². The Kier molecular flexibility index (Phi) is 4.64. The van der Waals surface area contributed by atoms with E-state index in [0.717, 1.165) is 43.7 Å². The molecule has 3 atom stereocenters. The second kappa shape index (κ2) is 6.54. The van der Waals surface area contributed by atoms with Crippen LogP contribution in [0.5, 0.6) is 11.5 Å². The second-order valence-electron chi connectivity index (χ2n) is 6.80. The number of ether oxygens (including phenoxy) is 2. The van der Waals surface area contributed by atoms with Crippen molar-refractivity contribution in [1.82, 2.24) is 4.90 Å². The molecule has 1 N–H and O–H groups in total. The highest BCUT2D eigenvalue weighted by molar-refractivity contribution is 5.46. The number of hydrogen-bond donors (Lipinski definition) is 1. The summed E-state index contributed by atoms with van der Waals surface area (Å²) in [6.07, 6.45) is 5.45. The van der Waals surface area contributed by atoms with Gasteiger partial charge >= 0.3 is 0 Å². The minimum Gasteiger partial charge on any atom is -0.493 e. The molecule has 1 aliphatic heterocycles. The molecule has 23 heavy (non-hydrogen) atoms. The van der Waals surface area contributed by atoms with Crippen LogP contribution < -0.4 is 9.47 Å². The number of benzene rings is 1. The fourth-order valence-electron chi connectivity index (χ4n) is 4.35. The molecule has 2 fully saturated rings. The molecule has 2 aliphatic rings. The lowest BCUT2D eigenvalue weighted by Crippen LogP contribution is -2.47. The Morgan fingerprint density at radius 3 is 2.96 bits per heavy atom. The number of likely N-dealkylation sites (N-methyl/N-ethyl adjacent to an activating group) is 1. The van der Waals surface area contributed by atoms with Gasteiger partial charge < -0.3 is 19.5 Å². The van der Waals surface area contributed by atoms with Crippen LogP contribution in [0, 0.1) is 0 Å². The van der Waals surface area contributed by atoms with Crippen LogP contribution >= 0.6 is 0 Å². The van der Waals surface area contributed by atoms with Crippen molar-refractivity contribution >= 4 is 0 Å². The first-order chi connectivity index (χ1) is 11.1. The lowest BCUT2D eigenvalue weighted by molar-refractivity contribution is 0.0566. The zero-order chi connectivity index (χ0) is 16.4. The standard InChI is InChI=1S/C19H27NO3/c1-4-11-23-17-12-14(5-6-16(17)22-3)19-8-7-15(21)13-18(19)20(2)10-9-19/h4-6,12,15,18,21H,1,7-11,13H2,2-3H3/t15-,18-,19-/m0/s1. The average Bonchev–Trinajstić information content (AvgIpc) is 2.90. The molecular weight excluding hydrogens is 290 g/mol. The maximum atomic E-state index is 10.1. The topological polar surface area (TPSA) is 41.9 Å². The molecule has 0 unspecified atom stereocenters. The molecule has 0 bridgehead atoms. The highest BCUT2D eigenvalue weighted by Crippen LogP contribution is 2.49. The van der Waals surface area contributed by atoms with Gasteiger partial charge in [-0.05, 0) is 57.0 Å². The van der Waals surface area contributed by atoms with E-state index >= 15 is 0 Å². The summed E-state index contributed by atoms with van der Waals surface area (Å²) in [5.41, 5.74) is 1.42. The first-order valence-electron chi connectivity index (χ1n) is 8.41. The van der Waals surface area contributed by atoms with Gasteiger partial charge in [-0.15, -0.1) is 0 Å². The molecule has 1 saturated carbocycles. The van der Waals surface area contributed by atoms with E-state index in [1.165, 1.54) is 5.56 Å². The number of aliphatic hydroxyl groups excluding tert-OH is 1. The monoisotopic (exact) mass is 317 g/mol. The molecule has 1 aromatic rings. The molecule has 1 saturated heterocycles. The van der Waals surface area contributed by atoms with Crippen molar-refractivity contribution in [3.63, 3.8) is 0 Å². The van der Waals surface area contributed by atoms with Gasteiger partial charge in [0.25, 0.3) is 0 Å². The van der Waals surface area contributed by atoms with Crippen LogP contribution in [0.2, 0.25) is 0 Å². The van der Waals surface area contributed by atoms with Crippen molar-refractivity contribution in [3.8, 4) is 11.5 Å². The molecule has 3 rings (SSSR count).